The zero-order chi connectivity index (χ0) is 16.1. The van der Waals surface area contributed by atoms with Crippen molar-refractivity contribution in [2.45, 2.75) is 59.2 Å². The molecule has 1 aromatic carbocycles. The third kappa shape index (κ3) is 7.70. The van der Waals surface area contributed by atoms with Crippen LogP contribution in [0.3, 0.4) is 0 Å². The van der Waals surface area contributed by atoms with Crippen LogP contribution in [-0.2, 0) is 11.3 Å². The summed E-state index contributed by atoms with van der Waals surface area (Å²) in [5.74, 6) is 0.816. The largest absolute Gasteiger partial charge is 0.491 e. The first-order valence-corrected chi connectivity index (χ1v) is 7.75. The molecular formula is C17H28ClNO2. The van der Waals surface area contributed by atoms with Gasteiger partial charge in [0.2, 0.25) is 0 Å². The van der Waals surface area contributed by atoms with Gasteiger partial charge in [0.05, 0.1) is 12.2 Å². The van der Waals surface area contributed by atoms with Crippen LogP contribution in [0.2, 0.25) is 5.02 Å². The highest BCUT2D eigenvalue weighted by molar-refractivity contribution is 6.31. The summed E-state index contributed by atoms with van der Waals surface area (Å²) in [4.78, 5) is 0. The number of hydrogen-bond donors (Lipinski definition) is 1. The first-order chi connectivity index (χ1) is 9.58. The maximum absolute atomic E-state index is 6.29. The maximum Gasteiger partial charge on any atom is 0.125 e. The molecule has 0 bridgehead atoms. The van der Waals surface area contributed by atoms with Crippen molar-refractivity contribution in [1.29, 1.82) is 0 Å². The average Bonchev–Trinajstić information content (AvgIpc) is 2.31. The van der Waals surface area contributed by atoms with Crippen LogP contribution in [0.5, 0.6) is 5.75 Å². The molecule has 0 atom stereocenters. The molecule has 0 heterocycles. The van der Waals surface area contributed by atoms with E-state index in [2.05, 4.69) is 26.1 Å². The Morgan fingerprint density at radius 1 is 1.05 bits per heavy atom. The van der Waals surface area contributed by atoms with Gasteiger partial charge in [-0.05, 0) is 53.7 Å². The minimum atomic E-state index is -0.145. The summed E-state index contributed by atoms with van der Waals surface area (Å²) in [6.45, 7) is 14.2. The summed E-state index contributed by atoms with van der Waals surface area (Å²) in [5.41, 5.74) is 0.880. The molecule has 0 spiro atoms. The van der Waals surface area contributed by atoms with Gasteiger partial charge in [-0.25, -0.2) is 0 Å². The topological polar surface area (TPSA) is 30.5 Å². The lowest BCUT2D eigenvalue weighted by molar-refractivity contribution is -0.0164. The van der Waals surface area contributed by atoms with E-state index in [0.717, 1.165) is 16.3 Å². The van der Waals surface area contributed by atoms with E-state index in [1.54, 1.807) is 0 Å². The van der Waals surface area contributed by atoms with Crippen molar-refractivity contribution in [3.05, 3.63) is 28.8 Å². The van der Waals surface area contributed by atoms with Gasteiger partial charge in [0.15, 0.2) is 0 Å². The Morgan fingerprint density at radius 3 is 2.29 bits per heavy atom. The highest BCUT2D eigenvalue weighted by Crippen LogP contribution is 2.27. The van der Waals surface area contributed by atoms with Crippen LogP contribution in [0, 0.1) is 0 Å². The van der Waals surface area contributed by atoms with Gasteiger partial charge in [-0.3, -0.25) is 0 Å². The number of nitrogens with one attached hydrogen (secondary N) is 1. The molecule has 0 unspecified atom stereocenters. The molecule has 0 aliphatic carbocycles. The fourth-order valence-electron chi connectivity index (χ4n) is 1.70. The molecule has 0 aromatic heterocycles. The van der Waals surface area contributed by atoms with Crippen LogP contribution in [0.25, 0.3) is 0 Å². The predicted octanol–water partition coefficient (Wildman–Crippen LogP) is 4.42. The normalized spacial score (nSPS) is 12.5. The van der Waals surface area contributed by atoms with E-state index in [-0.39, 0.29) is 11.1 Å². The summed E-state index contributed by atoms with van der Waals surface area (Å²) >= 11 is 6.29. The SMILES string of the molecule is CC(C)(C)NCc1c(Cl)cccc1OCCOC(C)(C)C. The fourth-order valence-corrected chi connectivity index (χ4v) is 1.93. The third-order valence-corrected chi connectivity index (χ3v) is 3.10. The lowest BCUT2D eigenvalue weighted by Crippen LogP contribution is -2.35. The molecule has 21 heavy (non-hydrogen) atoms. The van der Waals surface area contributed by atoms with Crippen LogP contribution in [0.4, 0.5) is 0 Å². The molecule has 120 valence electrons. The van der Waals surface area contributed by atoms with Crippen LogP contribution in [0.1, 0.15) is 47.1 Å². The smallest absolute Gasteiger partial charge is 0.125 e. The minimum absolute atomic E-state index is 0.0335. The number of hydrogen-bond acceptors (Lipinski definition) is 3. The van der Waals surface area contributed by atoms with E-state index < -0.39 is 0 Å². The van der Waals surface area contributed by atoms with Gasteiger partial charge in [0, 0.05) is 22.7 Å². The lowest BCUT2D eigenvalue weighted by Gasteiger charge is -2.23. The third-order valence-electron chi connectivity index (χ3n) is 2.75. The highest BCUT2D eigenvalue weighted by atomic mass is 35.5. The molecule has 0 fully saturated rings. The van der Waals surface area contributed by atoms with Crippen molar-refractivity contribution in [3.8, 4) is 5.75 Å². The van der Waals surface area contributed by atoms with Crippen molar-refractivity contribution < 1.29 is 9.47 Å². The first kappa shape index (κ1) is 18.3. The Kier molecular flexibility index (Phi) is 6.51. The number of rotatable bonds is 6. The first-order valence-electron chi connectivity index (χ1n) is 7.38. The Hall–Kier alpha value is -0.770. The van der Waals surface area contributed by atoms with E-state index in [4.69, 9.17) is 21.1 Å². The molecule has 3 nitrogen and oxygen atoms in total. The highest BCUT2D eigenvalue weighted by Gasteiger charge is 2.14. The van der Waals surface area contributed by atoms with E-state index in [9.17, 15) is 0 Å². The Morgan fingerprint density at radius 2 is 1.71 bits per heavy atom. The van der Waals surface area contributed by atoms with Crippen molar-refractivity contribution in [1.82, 2.24) is 5.32 Å². The zero-order valence-electron chi connectivity index (χ0n) is 14.0. The van der Waals surface area contributed by atoms with Gasteiger partial charge in [0.1, 0.15) is 12.4 Å². The molecule has 0 saturated carbocycles. The molecule has 1 N–H and O–H groups in total. The van der Waals surface area contributed by atoms with E-state index in [1.807, 2.05) is 39.0 Å². The lowest BCUT2D eigenvalue weighted by atomic mass is 10.1. The van der Waals surface area contributed by atoms with Gasteiger partial charge >= 0.3 is 0 Å². The Balaban J connectivity index is 2.63. The summed E-state index contributed by atoms with van der Waals surface area (Å²) in [7, 11) is 0. The minimum Gasteiger partial charge on any atom is -0.491 e. The zero-order valence-corrected chi connectivity index (χ0v) is 14.8. The number of halogens is 1. The van der Waals surface area contributed by atoms with Crippen LogP contribution in [-0.4, -0.2) is 24.4 Å². The van der Waals surface area contributed by atoms with Crippen LogP contribution < -0.4 is 10.1 Å². The van der Waals surface area contributed by atoms with Crippen molar-refractivity contribution in [2.75, 3.05) is 13.2 Å². The summed E-state index contributed by atoms with van der Waals surface area (Å²) in [6, 6.07) is 5.74. The van der Waals surface area contributed by atoms with Gasteiger partial charge < -0.3 is 14.8 Å². The van der Waals surface area contributed by atoms with E-state index in [1.165, 1.54) is 0 Å². The monoisotopic (exact) mass is 313 g/mol. The second-order valence-electron chi connectivity index (χ2n) is 7.13. The molecule has 0 saturated heterocycles. The number of benzene rings is 1. The molecule has 1 aromatic rings. The number of ether oxygens (including phenoxy) is 2. The van der Waals surface area contributed by atoms with E-state index in [0.29, 0.717) is 19.8 Å². The second-order valence-corrected chi connectivity index (χ2v) is 7.54. The Labute approximate surface area is 134 Å². The fraction of sp³-hybridized carbons (Fsp3) is 0.647. The van der Waals surface area contributed by atoms with E-state index >= 15 is 0 Å². The molecule has 0 aliphatic heterocycles. The molecule has 4 heteroatoms. The summed E-state index contributed by atoms with van der Waals surface area (Å²) in [6.07, 6.45) is 0. The van der Waals surface area contributed by atoms with Crippen molar-refractivity contribution in [3.63, 3.8) is 0 Å². The summed E-state index contributed by atoms with van der Waals surface area (Å²) in [5, 5.41) is 4.16. The van der Waals surface area contributed by atoms with Gasteiger partial charge in [-0.1, -0.05) is 17.7 Å². The molecule has 0 amide bonds. The predicted molar refractivity (Wildman–Crippen MR) is 89.2 cm³/mol. The summed E-state index contributed by atoms with van der Waals surface area (Å²) < 4.78 is 11.5. The second kappa shape index (κ2) is 7.48. The van der Waals surface area contributed by atoms with Crippen molar-refractivity contribution >= 4 is 11.6 Å². The van der Waals surface area contributed by atoms with Gasteiger partial charge in [-0.2, -0.15) is 0 Å². The van der Waals surface area contributed by atoms with Crippen molar-refractivity contribution in [2.24, 2.45) is 0 Å². The van der Waals surface area contributed by atoms with Gasteiger partial charge in [-0.15, -0.1) is 0 Å². The Bertz CT molecular complexity index is 447. The standard InChI is InChI=1S/C17H28ClNO2/c1-16(2,3)19-12-13-14(18)8-7-9-15(13)20-10-11-21-17(4,5)6/h7-9,19H,10-12H2,1-6H3. The molecule has 0 radical (unpaired) electrons. The molecule has 1 rings (SSSR count). The maximum atomic E-state index is 6.29. The van der Waals surface area contributed by atoms with Crippen LogP contribution >= 0.6 is 11.6 Å². The van der Waals surface area contributed by atoms with Crippen LogP contribution in [0.15, 0.2) is 18.2 Å². The van der Waals surface area contributed by atoms with Gasteiger partial charge in [0.25, 0.3) is 0 Å². The quantitative estimate of drug-likeness (QED) is 0.788. The molecular weight excluding hydrogens is 286 g/mol. The average molecular weight is 314 g/mol. The molecule has 0 aliphatic rings.